The van der Waals surface area contributed by atoms with Crippen molar-refractivity contribution in [2.24, 2.45) is 15.7 Å². The van der Waals surface area contributed by atoms with Gasteiger partial charge in [0, 0.05) is 11.8 Å². The van der Waals surface area contributed by atoms with Gasteiger partial charge in [0.15, 0.2) is 23.1 Å². The Bertz CT molecular complexity index is 513. The van der Waals surface area contributed by atoms with Crippen molar-refractivity contribution in [2.45, 2.75) is 6.17 Å². The molecule has 0 spiro atoms. The molecule has 0 aliphatic heterocycles. The third-order valence-corrected chi connectivity index (χ3v) is 2.10. The highest BCUT2D eigenvalue weighted by Crippen LogP contribution is 2.10. The van der Waals surface area contributed by atoms with E-state index >= 15 is 0 Å². The molecular weight excluding hydrogens is 285 g/mol. The first-order valence-electron chi connectivity index (χ1n) is 4.61. The molecule has 8 heteroatoms. The molecule has 0 aromatic heterocycles. The van der Waals surface area contributed by atoms with Crippen LogP contribution in [0.1, 0.15) is 5.56 Å². The van der Waals surface area contributed by atoms with Crippen molar-refractivity contribution in [1.29, 1.82) is 5.41 Å². The van der Waals surface area contributed by atoms with Gasteiger partial charge in [-0.05, 0) is 17.7 Å². The van der Waals surface area contributed by atoms with Crippen LogP contribution < -0.4 is 5.73 Å². The van der Waals surface area contributed by atoms with Crippen LogP contribution in [-0.2, 0) is 0 Å². The van der Waals surface area contributed by atoms with Crippen molar-refractivity contribution in [2.75, 3.05) is 0 Å². The van der Waals surface area contributed by atoms with Crippen molar-refractivity contribution in [3.8, 4) is 0 Å². The van der Waals surface area contributed by atoms with E-state index in [2.05, 4.69) is 9.98 Å². The highest BCUT2D eigenvalue weighted by atomic mass is 35.5. The monoisotopic (exact) mass is 292 g/mol. The van der Waals surface area contributed by atoms with Crippen molar-refractivity contribution < 1.29 is 8.78 Å². The zero-order valence-corrected chi connectivity index (χ0v) is 10.4. The fraction of sp³-hybridized carbons (Fsp3) is 0.100. The SMILES string of the molecule is N=C(Cl)C(N=Cc1cccc(F)c1F)N=C(N)Cl. The fourth-order valence-electron chi connectivity index (χ4n) is 1.04. The van der Waals surface area contributed by atoms with Gasteiger partial charge in [-0.25, -0.2) is 13.8 Å². The Morgan fingerprint density at radius 2 is 2.06 bits per heavy atom. The summed E-state index contributed by atoms with van der Waals surface area (Å²) >= 11 is 10.7. The Kier molecular flexibility index (Phi) is 5.18. The van der Waals surface area contributed by atoms with E-state index in [-0.39, 0.29) is 10.9 Å². The molecule has 3 N–H and O–H groups in total. The highest BCUT2D eigenvalue weighted by Gasteiger charge is 2.10. The second kappa shape index (κ2) is 6.42. The van der Waals surface area contributed by atoms with Crippen LogP contribution in [0.2, 0.25) is 0 Å². The van der Waals surface area contributed by atoms with Crippen LogP contribution in [0, 0.1) is 17.0 Å². The highest BCUT2D eigenvalue weighted by molar-refractivity contribution is 6.67. The Labute approximate surface area is 112 Å². The van der Waals surface area contributed by atoms with Gasteiger partial charge in [0.2, 0.25) is 0 Å². The second-order valence-electron chi connectivity index (χ2n) is 3.09. The number of nitrogens with two attached hydrogens (primary N) is 1. The van der Waals surface area contributed by atoms with Crippen LogP contribution in [0.4, 0.5) is 8.78 Å². The van der Waals surface area contributed by atoms with Gasteiger partial charge in [0.1, 0.15) is 5.17 Å². The largest absolute Gasteiger partial charge is 0.374 e. The smallest absolute Gasteiger partial charge is 0.194 e. The number of nitrogens with one attached hydrogen (secondary N) is 1. The lowest BCUT2D eigenvalue weighted by atomic mass is 10.2. The number of benzene rings is 1. The summed E-state index contributed by atoms with van der Waals surface area (Å²) in [4.78, 5) is 7.23. The number of aliphatic imine (C=N–C) groups is 2. The van der Waals surface area contributed by atoms with E-state index in [1.165, 1.54) is 12.1 Å². The average molecular weight is 293 g/mol. The van der Waals surface area contributed by atoms with E-state index in [1.54, 1.807) is 0 Å². The Balaban J connectivity index is 3.00. The van der Waals surface area contributed by atoms with Crippen LogP contribution in [0.15, 0.2) is 28.2 Å². The van der Waals surface area contributed by atoms with Crippen LogP contribution in [-0.4, -0.2) is 22.8 Å². The van der Waals surface area contributed by atoms with E-state index in [9.17, 15) is 8.78 Å². The molecule has 0 aliphatic rings. The molecule has 1 unspecified atom stereocenters. The average Bonchev–Trinajstić information content (AvgIpc) is 2.28. The van der Waals surface area contributed by atoms with Crippen LogP contribution >= 0.6 is 23.2 Å². The molecule has 1 aromatic rings. The quantitative estimate of drug-likeness (QED) is 0.499. The van der Waals surface area contributed by atoms with Gasteiger partial charge in [-0.15, -0.1) is 0 Å². The lowest BCUT2D eigenvalue weighted by Crippen LogP contribution is -2.15. The molecule has 1 atom stereocenters. The predicted molar refractivity (Wildman–Crippen MR) is 68.8 cm³/mol. The van der Waals surface area contributed by atoms with E-state index in [0.717, 1.165) is 12.3 Å². The Hall–Kier alpha value is -1.53. The van der Waals surface area contributed by atoms with E-state index in [4.69, 9.17) is 34.3 Å². The van der Waals surface area contributed by atoms with E-state index in [0.29, 0.717) is 0 Å². The third-order valence-electron chi connectivity index (χ3n) is 1.81. The van der Waals surface area contributed by atoms with Gasteiger partial charge in [0.25, 0.3) is 0 Å². The summed E-state index contributed by atoms with van der Waals surface area (Å²) in [5.41, 5.74) is 5.01. The van der Waals surface area contributed by atoms with Gasteiger partial charge in [0.05, 0.1) is 0 Å². The standard InChI is InChI=1S/C10H8Cl2F2N4/c11-8(15)9(18-10(12)16)17-4-5-2-1-3-6(13)7(5)14/h1-4,9,15H,(H2,16,18). The maximum absolute atomic E-state index is 13.3. The van der Waals surface area contributed by atoms with Crippen molar-refractivity contribution in [3.05, 3.63) is 35.4 Å². The number of hydrogen-bond acceptors (Lipinski definition) is 3. The molecule has 0 aliphatic carbocycles. The van der Waals surface area contributed by atoms with Crippen LogP contribution in [0.3, 0.4) is 0 Å². The summed E-state index contributed by atoms with van der Waals surface area (Å²) < 4.78 is 26.2. The summed E-state index contributed by atoms with van der Waals surface area (Å²) in [5.74, 6) is -2.05. The summed E-state index contributed by atoms with van der Waals surface area (Å²) in [5, 5.41) is 6.37. The first-order valence-corrected chi connectivity index (χ1v) is 5.37. The molecule has 0 fully saturated rings. The summed E-state index contributed by atoms with van der Waals surface area (Å²) in [6, 6.07) is 3.60. The number of halogens is 4. The first kappa shape index (κ1) is 14.5. The number of rotatable bonds is 4. The first-order chi connectivity index (χ1) is 8.41. The van der Waals surface area contributed by atoms with Gasteiger partial charge in [-0.2, -0.15) is 0 Å². The van der Waals surface area contributed by atoms with Gasteiger partial charge >= 0.3 is 0 Å². The van der Waals surface area contributed by atoms with Gasteiger partial charge in [-0.1, -0.05) is 23.7 Å². The number of amidine groups is 1. The van der Waals surface area contributed by atoms with Crippen LogP contribution in [0.25, 0.3) is 0 Å². The predicted octanol–water partition coefficient (Wildman–Crippen LogP) is 2.48. The fourth-order valence-corrected chi connectivity index (χ4v) is 1.24. The summed E-state index contributed by atoms with van der Waals surface area (Å²) in [7, 11) is 0. The molecule has 0 bridgehead atoms. The minimum Gasteiger partial charge on any atom is -0.374 e. The summed E-state index contributed by atoms with van der Waals surface area (Å²) in [6.45, 7) is 0. The molecular formula is C10H8Cl2F2N4. The lowest BCUT2D eigenvalue weighted by molar-refractivity contribution is 0.507. The normalized spacial score (nSPS) is 13.9. The van der Waals surface area contributed by atoms with Gasteiger partial charge in [-0.3, -0.25) is 10.4 Å². The van der Waals surface area contributed by atoms with E-state index < -0.39 is 23.0 Å². The van der Waals surface area contributed by atoms with E-state index in [1.807, 2.05) is 0 Å². The molecule has 4 nitrogen and oxygen atoms in total. The van der Waals surface area contributed by atoms with Gasteiger partial charge < -0.3 is 5.73 Å². The topological polar surface area (TPSA) is 74.6 Å². The number of nitrogens with zero attached hydrogens (tertiary/aromatic N) is 2. The third kappa shape index (κ3) is 4.05. The maximum Gasteiger partial charge on any atom is 0.194 e. The molecule has 18 heavy (non-hydrogen) atoms. The Morgan fingerprint density at radius 1 is 1.39 bits per heavy atom. The molecule has 0 amide bonds. The summed E-state index contributed by atoms with van der Waals surface area (Å²) in [6.07, 6.45) is -0.171. The molecule has 0 saturated heterocycles. The minimum atomic E-state index is -1.17. The molecule has 96 valence electrons. The lowest BCUT2D eigenvalue weighted by Gasteiger charge is -2.03. The molecule has 0 saturated carbocycles. The number of hydrogen-bond donors (Lipinski definition) is 2. The van der Waals surface area contributed by atoms with Crippen molar-refractivity contribution in [3.63, 3.8) is 0 Å². The molecule has 1 aromatic carbocycles. The molecule has 0 radical (unpaired) electrons. The molecule has 0 heterocycles. The molecule has 1 rings (SSSR count). The zero-order chi connectivity index (χ0) is 13.7. The van der Waals surface area contributed by atoms with Crippen molar-refractivity contribution in [1.82, 2.24) is 0 Å². The zero-order valence-electron chi connectivity index (χ0n) is 8.87. The Morgan fingerprint density at radius 3 is 2.61 bits per heavy atom. The second-order valence-corrected chi connectivity index (χ2v) is 3.89. The minimum absolute atomic E-state index is 0.0961. The van der Waals surface area contributed by atoms with Crippen molar-refractivity contribution >= 4 is 39.9 Å². The van der Waals surface area contributed by atoms with Crippen LogP contribution in [0.5, 0.6) is 0 Å². The maximum atomic E-state index is 13.3.